The molecule has 0 bridgehead atoms. The van der Waals surface area contributed by atoms with Gasteiger partial charge in [0.15, 0.2) is 5.69 Å². The highest BCUT2D eigenvalue weighted by Gasteiger charge is 2.24. The van der Waals surface area contributed by atoms with Gasteiger partial charge in [0.05, 0.1) is 11.9 Å². The number of hydrogen-bond acceptors (Lipinski definition) is 9. The number of halogens is 1. The molecule has 3 rings (SSSR count). The summed E-state index contributed by atoms with van der Waals surface area (Å²) in [4.78, 5) is 14.8. The summed E-state index contributed by atoms with van der Waals surface area (Å²) >= 11 is 5.94. The molecule has 1 aromatic carbocycles. The zero-order valence-electron chi connectivity index (χ0n) is 15.9. The van der Waals surface area contributed by atoms with Gasteiger partial charge in [-0.2, -0.15) is 9.78 Å². The topological polar surface area (TPSA) is 140 Å². The van der Waals surface area contributed by atoms with Gasteiger partial charge in [-0.25, -0.2) is 10.1 Å². The average Bonchev–Trinajstić information content (AvgIpc) is 3.31. The van der Waals surface area contributed by atoms with Gasteiger partial charge in [-0.1, -0.05) is 42.8 Å². The largest absolute Gasteiger partial charge is 0.378 e. The fourth-order valence-corrected chi connectivity index (χ4v) is 2.79. The van der Waals surface area contributed by atoms with Crippen LogP contribution in [0.4, 0.5) is 5.82 Å². The van der Waals surface area contributed by atoms with Crippen LogP contribution in [0.1, 0.15) is 35.6 Å². The molecule has 3 N–H and O–H groups in total. The minimum atomic E-state index is -0.522. The van der Waals surface area contributed by atoms with E-state index in [0.29, 0.717) is 17.3 Å². The zero-order chi connectivity index (χ0) is 20.8. The van der Waals surface area contributed by atoms with Crippen molar-refractivity contribution in [2.45, 2.75) is 20.4 Å². The van der Waals surface area contributed by atoms with Crippen LogP contribution in [-0.4, -0.2) is 55.4 Å². The second-order valence-corrected chi connectivity index (χ2v) is 6.42. The summed E-state index contributed by atoms with van der Waals surface area (Å²) < 4.78 is 5.99. The standard InChI is InChI=1S/C17H20ClN9O2/c1-3-26(4-2)10-13-14(21-25-27(13)16-15(19)23-29-24-16)17(28)22-20-9-11-6-5-7-12(18)8-11/h5-9H,3-4,10H2,1-2H3,(H2,19,23)(H,22,28). The SMILES string of the molecule is CCN(CC)Cc1c(C(=O)NN=Cc2cccc(Cl)c2)nnn1-c1nonc1N. The van der Waals surface area contributed by atoms with Gasteiger partial charge in [-0.3, -0.25) is 9.69 Å². The molecule has 0 atom stereocenters. The number of rotatable bonds is 8. The molecule has 0 unspecified atom stereocenters. The molecule has 0 spiro atoms. The number of amides is 1. The summed E-state index contributed by atoms with van der Waals surface area (Å²) in [6.07, 6.45) is 1.48. The lowest BCUT2D eigenvalue weighted by molar-refractivity contribution is 0.0948. The van der Waals surface area contributed by atoms with Crippen molar-refractivity contribution < 1.29 is 9.42 Å². The van der Waals surface area contributed by atoms with E-state index >= 15 is 0 Å². The summed E-state index contributed by atoms with van der Waals surface area (Å²) in [5, 5.41) is 19.8. The Hall–Kier alpha value is -3.31. The van der Waals surface area contributed by atoms with E-state index in [1.165, 1.54) is 10.9 Å². The molecule has 1 amide bonds. The Bertz CT molecular complexity index is 1010. The first-order valence-corrected chi connectivity index (χ1v) is 9.25. The Labute approximate surface area is 171 Å². The summed E-state index contributed by atoms with van der Waals surface area (Å²) in [5.74, 6) is -0.311. The normalized spacial score (nSPS) is 11.4. The molecule has 0 aliphatic carbocycles. The van der Waals surface area contributed by atoms with E-state index in [-0.39, 0.29) is 17.3 Å². The molecule has 0 saturated heterocycles. The lowest BCUT2D eigenvalue weighted by atomic mass is 10.2. The van der Waals surface area contributed by atoms with E-state index in [0.717, 1.165) is 18.7 Å². The summed E-state index contributed by atoms with van der Waals surface area (Å²) in [7, 11) is 0. The van der Waals surface area contributed by atoms with E-state index in [2.05, 4.69) is 40.7 Å². The number of hydrazone groups is 1. The van der Waals surface area contributed by atoms with Crippen LogP contribution in [0, 0.1) is 0 Å². The predicted octanol–water partition coefficient (Wildman–Crippen LogP) is 1.49. The quantitative estimate of drug-likeness (QED) is 0.415. The monoisotopic (exact) mass is 417 g/mol. The van der Waals surface area contributed by atoms with Crippen LogP contribution >= 0.6 is 11.6 Å². The maximum atomic E-state index is 12.7. The molecule has 152 valence electrons. The number of nitrogens with two attached hydrogens (primary N) is 1. The first-order valence-electron chi connectivity index (χ1n) is 8.87. The van der Waals surface area contributed by atoms with Crippen molar-refractivity contribution in [2.24, 2.45) is 5.10 Å². The van der Waals surface area contributed by atoms with E-state index < -0.39 is 5.91 Å². The van der Waals surface area contributed by atoms with Crippen molar-refractivity contribution >= 4 is 29.5 Å². The Balaban J connectivity index is 1.86. The summed E-state index contributed by atoms with van der Waals surface area (Å²) in [6.45, 7) is 5.95. The number of carbonyl (C=O) groups excluding carboxylic acids is 1. The summed E-state index contributed by atoms with van der Waals surface area (Å²) in [5.41, 5.74) is 9.56. The van der Waals surface area contributed by atoms with Crippen molar-refractivity contribution in [2.75, 3.05) is 18.8 Å². The van der Waals surface area contributed by atoms with Crippen LogP contribution in [0.15, 0.2) is 34.0 Å². The van der Waals surface area contributed by atoms with Gasteiger partial charge in [0.25, 0.3) is 5.91 Å². The van der Waals surface area contributed by atoms with E-state index in [1.54, 1.807) is 18.2 Å². The van der Waals surface area contributed by atoms with Gasteiger partial charge >= 0.3 is 0 Å². The molecule has 3 aromatic rings. The average molecular weight is 418 g/mol. The van der Waals surface area contributed by atoms with Crippen LogP contribution in [0.3, 0.4) is 0 Å². The van der Waals surface area contributed by atoms with Gasteiger partial charge in [0.1, 0.15) is 0 Å². The second-order valence-electron chi connectivity index (χ2n) is 5.99. The lowest BCUT2D eigenvalue weighted by Crippen LogP contribution is -2.27. The zero-order valence-corrected chi connectivity index (χ0v) is 16.7. The van der Waals surface area contributed by atoms with Crippen molar-refractivity contribution in [3.8, 4) is 5.82 Å². The van der Waals surface area contributed by atoms with Crippen LogP contribution in [0.25, 0.3) is 5.82 Å². The first-order chi connectivity index (χ1) is 14.0. The molecule has 29 heavy (non-hydrogen) atoms. The van der Waals surface area contributed by atoms with Gasteiger partial charge < -0.3 is 5.73 Å². The molecular formula is C17H20ClN9O2. The maximum absolute atomic E-state index is 12.7. The van der Waals surface area contributed by atoms with Crippen molar-refractivity contribution in [1.29, 1.82) is 0 Å². The molecule has 0 saturated carbocycles. The Morgan fingerprint density at radius 2 is 2.17 bits per heavy atom. The van der Waals surface area contributed by atoms with Gasteiger partial charge in [-0.15, -0.1) is 5.10 Å². The van der Waals surface area contributed by atoms with Crippen LogP contribution in [-0.2, 0) is 6.54 Å². The number of carbonyl (C=O) groups is 1. The van der Waals surface area contributed by atoms with E-state index in [9.17, 15) is 4.79 Å². The van der Waals surface area contributed by atoms with Crippen LogP contribution < -0.4 is 11.2 Å². The Morgan fingerprint density at radius 1 is 1.38 bits per heavy atom. The second kappa shape index (κ2) is 9.26. The van der Waals surface area contributed by atoms with Crippen molar-refractivity contribution in [3.05, 3.63) is 46.2 Å². The van der Waals surface area contributed by atoms with Crippen LogP contribution in [0.2, 0.25) is 5.02 Å². The molecule has 0 radical (unpaired) electrons. The van der Waals surface area contributed by atoms with Gasteiger partial charge in [0.2, 0.25) is 11.6 Å². The lowest BCUT2D eigenvalue weighted by Gasteiger charge is -2.18. The molecule has 0 aliphatic heterocycles. The molecule has 2 aromatic heterocycles. The van der Waals surface area contributed by atoms with Gasteiger partial charge in [-0.05, 0) is 41.1 Å². The predicted molar refractivity (Wildman–Crippen MR) is 107 cm³/mol. The third-order valence-electron chi connectivity index (χ3n) is 4.17. The molecule has 2 heterocycles. The Kier molecular flexibility index (Phi) is 6.52. The number of benzene rings is 1. The van der Waals surface area contributed by atoms with E-state index in [1.807, 2.05) is 19.9 Å². The Morgan fingerprint density at radius 3 is 2.83 bits per heavy atom. The fraction of sp³-hybridized carbons (Fsp3) is 0.294. The number of nitrogens with zero attached hydrogens (tertiary/aromatic N) is 7. The smallest absolute Gasteiger partial charge is 0.293 e. The number of anilines is 1. The summed E-state index contributed by atoms with van der Waals surface area (Å²) in [6, 6.07) is 7.07. The third kappa shape index (κ3) is 4.76. The molecular weight excluding hydrogens is 398 g/mol. The highest BCUT2D eigenvalue weighted by atomic mass is 35.5. The van der Waals surface area contributed by atoms with Crippen molar-refractivity contribution in [1.82, 2.24) is 35.6 Å². The highest BCUT2D eigenvalue weighted by molar-refractivity contribution is 6.30. The highest BCUT2D eigenvalue weighted by Crippen LogP contribution is 2.17. The van der Waals surface area contributed by atoms with Crippen LogP contribution in [0.5, 0.6) is 0 Å². The molecule has 12 heteroatoms. The van der Waals surface area contributed by atoms with E-state index in [4.69, 9.17) is 17.3 Å². The molecule has 0 fully saturated rings. The van der Waals surface area contributed by atoms with Crippen molar-refractivity contribution in [3.63, 3.8) is 0 Å². The molecule has 0 aliphatic rings. The maximum Gasteiger partial charge on any atom is 0.293 e. The minimum Gasteiger partial charge on any atom is -0.378 e. The number of hydrogen-bond donors (Lipinski definition) is 2. The number of nitrogens with one attached hydrogen (secondary N) is 1. The number of nitrogen functional groups attached to an aromatic ring is 1. The fourth-order valence-electron chi connectivity index (χ4n) is 2.59. The third-order valence-corrected chi connectivity index (χ3v) is 4.41. The van der Waals surface area contributed by atoms with Gasteiger partial charge in [0, 0.05) is 11.6 Å². The number of aromatic nitrogens is 5. The first kappa shape index (κ1) is 20.4. The molecule has 11 nitrogen and oxygen atoms in total. The minimum absolute atomic E-state index is 0.0432.